The summed E-state index contributed by atoms with van der Waals surface area (Å²) in [5.74, 6) is 0.372. The molecule has 1 unspecified atom stereocenters. The van der Waals surface area contributed by atoms with Gasteiger partial charge in [-0.3, -0.25) is 14.5 Å². The summed E-state index contributed by atoms with van der Waals surface area (Å²) < 4.78 is 10.6. The molecule has 7 nitrogen and oxygen atoms in total. The van der Waals surface area contributed by atoms with E-state index in [0.29, 0.717) is 43.2 Å². The van der Waals surface area contributed by atoms with Gasteiger partial charge in [-0.2, -0.15) is 0 Å². The molecule has 1 aliphatic carbocycles. The molecule has 0 spiro atoms. The van der Waals surface area contributed by atoms with Crippen LogP contribution in [0.15, 0.2) is 41.3 Å². The van der Waals surface area contributed by atoms with E-state index in [2.05, 4.69) is 16.9 Å². The summed E-state index contributed by atoms with van der Waals surface area (Å²) in [7, 11) is 0. The standard InChI is InChI=1S/C16H17N3O4S/c1-2-5-17-14(20)4-3-6-19-15(21)10-7-12-13(23-9-22-12)8-11(10)18-16(19)24/h2,7-8,10H,1,3-6,9H2,(H,17,20). The zero-order valence-corrected chi connectivity index (χ0v) is 13.8. The summed E-state index contributed by atoms with van der Waals surface area (Å²) in [6.07, 6.45) is 5.82. The minimum atomic E-state index is -0.522. The maximum absolute atomic E-state index is 12.7. The third kappa shape index (κ3) is 3.23. The number of fused-ring (bicyclic) bond motifs is 2. The number of hydrogen-bond acceptors (Lipinski definition) is 5. The summed E-state index contributed by atoms with van der Waals surface area (Å²) in [5.41, 5.74) is 0.564. The molecule has 0 aromatic heterocycles. The van der Waals surface area contributed by atoms with Crippen LogP contribution in [0.3, 0.4) is 0 Å². The van der Waals surface area contributed by atoms with Gasteiger partial charge in [0.15, 0.2) is 11.5 Å². The van der Waals surface area contributed by atoms with E-state index < -0.39 is 5.92 Å². The summed E-state index contributed by atoms with van der Waals surface area (Å²) in [6.45, 7) is 4.46. The van der Waals surface area contributed by atoms with E-state index in [4.69, 9.17) is 21.7 Å². The van der Waals surface area contributed by atoms with Gasteiger partial charge in [0.05, 0.1) is 5.71 Å². The van der Waals surface area contributed by atoms with Crippen LogP contribution in [0.25, 0.3) is 0 Å². The fourth-order valence-electron chi connectivity index (χ4n) is 2.61. The summed E-state index contributed by atoms with van der Waals surface area (Å²) >= 11 is 5.22. The van der Waals surface area contributed by atoms with Gasteiger partial charge in [0, 0.05) is 25.6 Å². The Hall–Kier alpha value is -2.48. The number of rotatable bonds is 6. The van der Waals surface area contributed by atoms with Crippen LogP contribution in [0, 0.1) is 5.92 Å². The number of nitrogens with one attached hydrogen (secondary N) is 1. The Kier molecular flexibility index (Phi) is 4.75. The van der Waals surface area contributed by atoms with Crippen LogP contribution in [0.1, 0.15) is 12.8 Å². The fraction of sp³-hybridized carbons (Fsp3) is 0.375. The molecular formula is C16H17N3O4S. The quantitative estimate of drug-likeness (QED) is 0.574. The summed E-state index contributed by atoms with van der Waals surface area (Å²) in [6, 6.07) is 0. The van der Waals surface area contributed by atoms with Gasteiger partial charge in [-0.15, -0.1) is 6.58 Å². The second-order valence-electron chi connectivity index (χ2n) is 5.43. The molecule has 24 heavy (non-hydrogen) atoms. The number of hydrogen-bond donors (Lipinski definition) is 1. The van der Waals surface area contributed by atoms with Gasteiger partial charge in [0.1, 0.15) is 5.92 Å². The lowest BCUT2D eigenvalue weighted by Gasteiger charge is -2.30. The van der Waals surface area contributed by atoms with E-state index in [1.165, 1.54) is 4.90 Å². The largest absolute Gasteiger partial charge is 0.454 e. The molecule has 0 saturated carbocycles. The van der Waals surface area contributed by atoms with E-state index >= 15 is 0 Å². The van der Waals surface area contributed by atoms with E-state index in [9.17, 15) is 9.59 Å². The second kappa shape index (κ2) is 6.96. The number of ether oxygens (including phenoxy) is 2. The molecule has 3 rings (SSSR count). The third-order valence-corrected chi connectivity index (χ3v) is 4.12. The van der Waals surface area contributed by atoms with Gasteiger partial charge in [0.2, 0.25) is 23.7 Å². The van der Waals surface area contributed by atoms with Gasteiger partial charge in [-0.1, -0.05) is 6.08 Å². The SMILES string of the molecule is C=CCNC(=O)CCCN1C(=O)C2C=C3OCOC3=CC2=NC1=S. The Labute approximate surface area is 144 Å². The molecule has 0 radical (unpaired) electrons. The van der Waals surface area contributed by atoms with Crippen LogP contribution in [-0.2, 0) is 19.1 Å². The molecule has 3 aliphatic rings. The lowest BCUT2D eigenvalue weighted by molar-refractivity contribution is -0.129. The molecule has 2 aliphatic heterocycles. The Balaban J connectivity index is 1.64. The molecule has 1 N–H and O–H groups in total. The van der Waals surface area contributed by atoms with Crippen molar-refractivity contribution >= 4 is 34.9 Å². The van der Waals surface area contributed by atoms with Crippen LogP contribution < -0.4 is 5.32 Å². The normalized spacial score (nSPS) is 21.6. The monoisotopic (exact) mass is 347 g/mol. The highest BCUT2D eigenvalue weighted by molar-refractivity contribution is 7.80. The van der Waals surface area contributed by atoms with Crippen molar-refractivity contribution in [1.82, 2.24) is 10.2 Å². The van der Waals surface area contributed by atoms with E-state index in [1.807, 2.05) is 0 Å². The maximum Gasteiger partial charge on any atom is 0.241 e. The summed E-state index contributed by atoms with van der Waals surface area (Å²) in [4.78, 5) is 30.0. The topological polar surface area (TPSA) is 80.2 Å². The van der Waals surface area contributed by atoms with Crippen LogP contribution in [0.4, 0.5) is 0 Å². The van der Waals surface area contributed by atoms with Gasteiger partial charge in [-0.05, 0) is 24.7 Å². The van der Waals surface area contributed by atoms with Crippen LogP contribution >= 0.6 is 12.2 Å². The molecule has 0 aromatic rings. The Morgan fingerprint density at radius 1 is 1.50 bits per heavy atom. The highest BCUT2D eigenvalue weighted by Crippen LogP contribution is 2.31. The zero-order valence-electron chi connectivity index (χ0n) is 13.0. The number of thiocarbonyl (C=S) groups is 1. The number of amides is 2. The molecule has 0 aromatic carbocycles. The molecule has 0 bridgehead atoms. The predicted molar refractivity (Wildman–Crippen MR) is 90.9 cm³/mol. The van der Waals surface area contributed by atoms with Gasteiger partial charge >= 0.3 is 0 Å². The molecule has 126 valence electrons. The summed E-state index contributed by atoms with van der Waals surface area (Å²) in [5, 5.41) is 2.91. The Morgan fingerprint density at radius 2 is 2.29 bits per heavy atom. The lowest BCUT2D eigenvalue weighted by Crippen LogP contribution is -2.46. The molecule has 2 amide bonds. The highest BCUT2D eigenvalue weighted by atomic mass is 32.1. The van der Waals surface area contributed by atoms with Crippen molar-refractivity contribution < 1.29 is 19.1 Å². The van der Waals surface area contributed by atoms with Crippen molar-refractivity contribution in [3.8, 4) is 0 Å². The minimum Gasteiger partial charge on any atom is -0.454 e. The first-order valence-electron chi connectivity index (χ1n) is 7.61. The first-order valence-corrected chi connectivity index (χ1v) is 8.02. The van der Waals surface area contributed by atoms with E-state index in [0.717, 1.165) is 0 Å². The van der Waals surface area contributed by atoms with Gasteiger partial charge in [-0.25, -0.2) is 4.99 Å². The van der Waals surface area contributed by atoms with Crippen LogP contribution in [-0.4, -0.2) is 47.4 Å². The molecule has 8 heteroatoms. The highest BCUT2D eigenvalue weighted by Gasteiger charge is 2.38. The van der Waals surface area contributed by atoms with Crippen molar-refractivity contribution in [2.45, 2.75) is 12.8 Å². The molecule has 1 saturated heterocycles. The van der Waals surface area contributed by atoms with Gasteiger partial charge < -0.3 is 14.8 Å². The number of nitrogens with zero attached hydrogens (tertiary/aromatic N) is 2. The first-order chi connectivity index (χ1) is 11.6. The van der Waals surface area contributed by atoms with E-state index in [-0.39, 0.29) is 23.7 Å². The molecular weight excluding hydrogens is 330 g/mol. The minimum absolute atomic E-state index is 0.0849. The number of carbonyl (C=O) groups excluding carboxylic acids is 2. The lowest BCUT2D eigenvalue weighted by atomic mass is 9.94. The first kappa shape index (κ1) is 16.4. The number of carbonyl (C=O) groups is 2. The smallest absolute Gasteiger partial charge is 0.241 e. The second-order valence-corrected chi connectivity index (χ2v) is 5.79. The Morgan fingerprint density at radius 3 is 3.08 bits per heavy atom. The molecule has 1 fully saturated rings. The third-order valence-electron chi connectivity index (χ3n) is 3.80. The molecule has 2 heterocycles. The van der Waals surface area contributed by atoms with Crippen LogP contribution in [0.2, 0.25) is 0 Å². The van der Waals surface area contributed by atoms with Gasteiger partial charge in [0.25, 0.3) is 0 Å². The number of allylic oxidation sites excluding steroid dienone is 1. The average Bonchev–Trinajstić information content (AvgIpc) is 3.01. The van der Waals surface area contributed by atoms with Crippen molar-refractivity contribution in [2.24, 2.45) is 10.9 Å². The van der Waals surface area contributed by atoms with Crippen LogP contribution in [0.5, 0.6) is 0 Å². The van der Waals surface area contributed by atoms with E-state index in [1.54, 1.807) is 18.2 Å². The zero-order chi connectivity index (χ0) is 17.1. The fourth-order valence-corrected chi connectivity index (χ4v) is 2.90. The van der Waals surface area contributed by atoms with Crippen molar-refractivity contribution in [3.05, 3.63) is 36.3 Å². The Bertz CT molecular complexity index is 695. The van der Waals surface area contributed by atoms with Crippen molar-refractivity contribution in [2.75, 3.05) is 19.9 Å². The van der Waals surface area contributed by atoms with Crippen molar-refractivity contribution in [3.63, 3.8) is 0 Å². The predicted octanol–water partition coefficient (Wildman–Crippen LogP) is 1.04. The maximum atomic E-state index is 12.7. The molecule has 1 atom stereocenters. The van der Waals surface area contributed by atoms with Crippen molar-refractivity contribution in [1.29, 1.82) is 0 Å². The average molecular weight is 347 g/mol. The number of aliphatic imine (C=N–C) groups is 1.